The van der Waals surface area contributed by atoms with Crippen LogP contribution in [0.15, 0.2) is 18.2 Å². The number of hydrogen-bond acceptors (Lipinski definition) is 4. The Balaban J connectivity index is 1.89. The van der Waals surface area contributed by atoms with Gasteiger partial charge < -0.3 is 5.11 Å². The van der Waals surface area contributed by atoms with Crippen LogP contribution in [0.1, 0.15) is 25.0 Å². The van der Waals surface area contributed by atoms with Crippen molar-refractivity contribution in [3.05, 3.63) is 35.1 Å². The molecule has 1 aliphatic heterocycles. The molecule has 0 aliphatic carbocycles. The normalized spacial score (nSPS) is 17.7. The van der Waals surface area contributed by atoms with Crippen LogP contribution in [0.3, 0.4) is 0 Å². The predicted octanol–water partition coefficient (Wildman–Crippen LogP) is 1.59. The van der Waals surface area contributed by atoms with Crippen LogP contribution in [-0.4, -0.2) is 53.2 Å². The van der Waals surface area contributed by atoms with Gasteiger partial charge in [0.05, 0.1) is 17.2 Å². The highest BCUT2D eigenvalue weighted by molar-refractivity contribution is 5.33. The van der Waals surface area contributed by atoms with Gasteiger partial charge in [0.15, 0.2) is 0 Å². The Bertz CT molecular complexity index is 525. The smallest absolute Gasteiger partial charge is 0.124 e. The van der Waals surface area contributed by atoms with Gasteiger partial charge in [-0.15, -0.1) is 0 Å². The number of β-amino-alcohol motifs (C(OH)–C–C–N with tert-alkyl or cyclic N) is 1. The zero-order valence-corrected chi connectivity index (χ0v) is 12.6. The van der Waals surface area contributed by atoms with Gasteiger partial charge in [-0.1, -0.05) is 0 Å². The molecule has 0 saturated carbocycles. The minimum atomic E-state index is -0.674. The Morgan fingerprint density at radius 3 is 2.38 bits per heavy atom. The summed E-state index contributed by atoms with van der Waals surface area (Å²) < 4.78 is 13.4. The molecule has 1 aromatic carbocycles. The quantitative estimate of drug-likeness (QED) is 0.915. The molecule has 114 valence electrons. The summed E-state index contributed by atoms with van der Waals surface area (Å²) in [6, 6.07) is 6.47. The summed E-state index contributed by atoms with van der Waals surface area (Å²) in [5.41, 5.74) is 0.528. The second-order valence-corrected chi connectivity index (χ2v) is 6.32. The summed E-state index contributed by atoms with van der Waals surface area (Å²) in [6.45, 7) is 8.51. The molecule has 0 atom stereocenters. The van der Waals surface area contributed by atoms with Crippen molar-refractivity contribution < 1.29 is 9.50 Å². The third-order valence-corrected chi connectivity index (χ3v) is 3.57. The van der Waals surface area contributed by atoms with Gasteiger partial charge in [0.2, 0.25) is 0 Å². The third kappa shape index (κ3) is 5.09. The van der Waals surface area contributed by atoms with E-state index in [9.17, 15) is 9.50 Å². The summed E-state index contributed by atoms with van der Waals surface area (Å²) in [5, 5.41) is 18.7. The first-order valence-electron chi connectivity index (χ1n) is 7.22. The van der Waals surface area contributed by atoms with E-state index < -0.39 is 5.60 Å². The molecular weight excluding hydrogens is 269 g/mol. The molecule has 0 aromatic heterocycles. The molecule has 4 nitrogen and oxygen atoms in total. The summed E-state index contributed by atoms with van der Waals surface area (Å²) in [5.74, 6) is -0.357. The molecule has 0 amide bonds. The number of nitrogens with zero attached hydrogens (tertiary/aromatic N) is 3. The fourth-order valence-electron chi connectivity index (χ4n) is 2.72. The highest BCUT2D eigenvalue weighted by atomic mass is 19.1. The highest BCUT2D eigenvalue weighted by Crippen LogP contribution is 2.14. The van der Waals surface area contributed by atoms with E-state index in [2.05, 4.69) is 9.80 Å². The average molecular weight is 291 g/mol. The maximum Gasteiger partial charge on any atom is 0.124 e. The van der Waals surface area contributed by atoms with Crippen molar-refractivity contribution in [1.29, 1.82) is 5.26 Å². The number of benzene rings is 1. The van der Waals surface area contributed by atoms with Gasteiger partial charge in [0.1, 0.15) is 5.82 Å². The Kier molecular flexibility index (Phi) is 4.94. The first-order valence-corrected chi connectivity index (χ1v) is 7.22. The van der Waals surface area contributed by atoms with E-state index in [1.54, 1.807) is 6.07 Å². The van der Waals surface area contributed by atoms with Crippen molar-refractivity contribution in [2.75, 3.05) is 32.7 Å². The van der Waals surface area contributed by atoms with Crippen LogP contribution in [0.25, 0.3) is 0 Å². The summed E-state index contributed by atoms with van der Waals surface area (Å²) in [4.78, 5) is 4.49. The van der Waals surface area contributed by atoms with Gasteiger partial charge in [0.25, 0.3) is 0 Å². The zero-order valence-electron chi connectivity index (χ0n) is 12.6. The maximum absolute atomic E-state index is 13.4. The number of halogens is 1. The Hall–Kier alpha value is -1.48. The van der Waals surface area contributed by atoms with Crippen molar-refractivity contribution in [2.45, 2.75) is 26.0 Å². The van der Waals surface area contributed by atoms with Gasteiger partial charge in [-0.2, -0.15) is 5.26 Å². The van der Waals surface area contributed by atoms with E-state index in [1.807, 2.05) is 19.9 Å². The summed E-state index contributed by atoms with van der Waals surface area (Å²) >= 11 is 0. The number of rotatable bonds is 4. The average Bonchev–Trinajstić information content (AvgIpc) is 2.38. The first kappa shape index (κ1) is 15.9. The summed E-state index contributed by atoms with van der Waals surface area (Å²) in [6.07, 6.45) is 0. The number of nitriles is 1. The van der Waals surface area contributed by atoms with Crippen molar-refractivity contribution in [3.8, 4) is 6.07 Å². The first-order chi connectivity index (χ1) is 9.85. The molecule has 0 spiro atoms. The molecule has 1 N–H and O–H groups in total. The maximum atomic E-state index is 13.4. The predicted molar refractivity (Wildman–Crippen MR) is 79.1 cm³/mol. The van der Waals surface area contributed by atoms with Crippen LogP contribution in [-0.2, 0) is 6.54 Å². The largest absolute Gasteiger partial charge is 0.389 e. The van der Waals surface area contributed by atoms with Crippen LogP contribution in [0, 0.1) is 17.1 Å². The number of aliphatic hydroxyl groups is 1. The Morgan fingerprint density at radius 2 is 1.81 bits per heavy atom. The second kappa shape index (κ2) is 6.52. The molecule has 5 heteroatoms. The van der Waals surface area contributed by atoms with E-state index in [0.717, 1.165) is 31.7 Å². The van der Waals surface area contributed by atoms with Crippen molar-refractivity contribution in [1.82, 2.24) is 9.80 Å². The molecule has 0 radical (unpaired) electrons. The van der Waals surface area contributed by atoms with Gasteiger partial charge >= 0.3 is 0 Å². The number of hydrogen-bond donors (Lipinski definition) is 1. The van der Waals surface area contributed by atoms with E-state index in [4.69, 9.17) is 5.26 Å². The van der Waals surface area contributed by atoms with E-state index in [1.165, 1.54) is 12.1 Å². The lowest BCUT2D eigenvalue weighted by Gasteiger charge is -2.37. The molecule has 1 aromatic rings. The van der Waals surface area contributed by atoms with Gasteiger partial charge in [-0.05, 0) is 37.6 Å². The van der Waals surface area contributed by atoms with E-state index in [-0.39, 0.29) is 5.82 Å². The number of piperazine rings is 1. The minimum Gasteiger partial charge on any atom is -0.389 e. The van der Waals surface area contributed by atoms with E-state index in [0.29, 0.717) is 18.7 Å². The van der Waals surface area contributed by atoms with Crippen molar-refractivity contribution in [2.24, 2.45) is 0 Å². The highest BCUT2D eigenvalue weighted by Gasteiger charge is 2.22. The lowest BCUT2D eigenvalue weighted by molar-refractivity contribution is 0.0166. The SMILES string of the molecule is CC(C)(O)CN1CCN(Cc2cc(F)cc(C#N)c2)CC1. The van der Waals surface area contributed by atoms with Crippen molar-refractivity contribution in [3.63, 3.8) is 0 Å². The Labute approximate surface area is 125 Å². The molecule has 21 heavy (non-hydrogen) atoms. The molecular formula is C16H22FN3O. The standard InChI is InChI=1S/C16H22FN3O/c1-16(2,21)12-20-5-3-19(4-6-20)11-14-7-13(10-18)8-15(17)9-14/h7-9,21H,3-6,11-12H2,1-2H3. The van der Waals surface area contributed by atoms with Crippen LogP contribution in [0.5, 0.6) is 0 Å². The molecule has 0 bridgehead atoms. The molecule has 1 fully saturated rings. The molecule has 1 heterocycles. The van der Waals surface area contributed by atoms with Crippen molar-refractivity contribution >= 4 is 0 Å². The topological polar surface area (TPSA) is 50.5 Å². The van der Waals surface area contributed by atoms with Crippen LogP contribution < -0.4 is 0 Å². The van der Waals surface area contributed by atoms with Crippen LogP contribution >= 0.6 is 0 Å². The molecule has 1 aliphatic rings. The van der Waals surface area contributed by atoms with Gasteiger partial charge in [0, 0.05) is 39.3 Å². The van der Waals surface area contributed by atoms with Gasteiger partial charge in [-0.3, -0.25) is 9.80 Å². The monoisotopic (exact) mass is 291 g/mol. The second-order valence-electron chi connectivity index (χ2n) is 6.32. The lowest BCUT2D eigenvalue weighted by atomic mass is 10.1. The van der Waals surface area contributed by atoms with Gasteiger partial charge in [-0.25, -0.2) is 4.39 Å². The Morgan fingerprint density at radius 1 is 1.19 bits per heavy atom. The van der Waals surface area contributed by atoms with Crippen LogP contribution in [0.2, 0.25) is 0 Å². The molecule has 1 saturated heterocycles. The fraction of sp³-hybridized carbons (Fsp3) is 0.562. The zero-order chi connectivity index (χ0) is 15.5. The minimum absolute atomic E-state index is 0.357. The molecule has 0 unspecified atom stereocenters. The fourth-order valence-corrected chi connectivity index (χ4v) is 2.72. The lowest BCUT2D eigenvalue weighted by Crippen LogP contribution is -2.50. The third-order valence-electron chi connectivity index (χ3n) is 3.57. The molecule has 2 rings (SSSR count). The van der Waals surface area contributed by atoms with E-state index >= 15 is 0 Å². The van der Waals surface area contributed by atoms with Crippen LogP contribution in [0.4, 0.5) is 4.39 Å². The summed E-state index contributed by atoms with van der Waals surface area (Å²) in [7, 11) is 0.